The average molecular weight is 1050 g/mol. The standard InChI is InChI=1S/C69H122O6/c1-4-7-10-13-16-19-22-25-28-31-33-34-36-38-41-44-47-50-53-56-59-62-68(71)74-65-66(64-73-67(70)61-58-55-52-49-46-43-40-37-30-27-24-21-18-15-12-9-6-3)75-69(72)63-60-57-54-51-48-45-42-39-35-32-29-26-23-20-17-14-11-8-5-2/h18,21,25-30,40,43,49,52,66H,4-17,19-20,22-24,31-39,41-42,44-48,50-51,53-65H2,1-3H3/b21-18-,28-25-,29-26-,30-27-,43-40-,52-49-/t66-/m1/s1. The number of unbranched alkanes of at least 4 members (excludes halogenated alkanes) is 36. The van der Waals surface area contributed by atoms with Crippen LogP contribution in [0.3, 0.4) is 0 Å². The first-order valence-corrected chi connectivity index (χ1v) is 32.4. The van der Waals surface area contributed by atoms with Crippen LogP contribution in [0.15, 0.2) is 72.9 Å². The van der Waals surface area contributed by atoms with Gasteiger partial charge in [0.15, 0.2) is 6.10 Å². The van der Waals surface area contributed by atoms with E-state index >= 15 is 0 Å². The van der Waals surface area contributed by atoms with Crippen LogP contribution in [-0.2, 0) is 28.6 Å². The predicted octanol–water partition coefficient (Wildman–Crippen LogP) is 22.1. The van der Waals surface area contributed by atoms with Gasteiger partial charge in [0.1, 0.15) is 13.2 Å². The summed E-state index contributed by atoms with van der Waals surface area (Å²) in [7, 11) is 0. The fourth-order valence-corrected chi connectivity index (χ4v) is 9.25. The highest BCUT2D eigenvalue weighted by Crippen LogP contribution is 2.16. The topological polar surface area (TPSA) is 78.9 Å². The third-order valence-electron chi connectivity index (χ3n) is 14.2. The van der Waals surface area contributed by atoms with Crippen LogP contribution in [0.4, 0.5) is 0 Å². The molecule has 0 aromatic rings. The molecule has 0 aliphatic carbocycles. The van der Waals surface area contributed by atoms with Crippen LogP contribution in [0.2, 0.25) is 0 Å². The Kier molecular flexibility index (Phi) is 60.7. The van der Waals surface area contributed by atoms with Gasteiger partial charge in [0.25, 0.3) is 0 Å². The molecule has 0 aromatic carbocycles. The summed E-state index contributed by atoms with van der Waals surface area (Å²) in [5.41, 5.74) is 0. The maximum absolute atomic E-state index is 12.9. The molecule has 0 spiro atoms. The minimum absolute atomic E-state index is 0.0918. The Bertz CT molecular complexity index is 1390. The molecule has 0 aromatic heterocycles. The first-order chi connectivity index (χ1) is 37.0. The molecule has 0 aliphatic rings. The second-order valence-electron chi connectivity index (χ2n) is 21.7. The summed E-state index contributed by atoms with van der Waals surface area (Å²) in [6, 6.07) is 0. The van der Waals surface area contributed by atoms with Crippen molar-refractivity contribution < 1.29 is 28.6 Å². The normalized spacial score (nSPS) is 12.5. The van der Waals surface area contributed by atoms with Gasteiger partial charge in [-0.3, -0.25) is 14.4 Å². The molecule has 0 N–H and O–H groups in total. The van der Waals surface area contributed by atoms with Crippen molar-refractivity contribution in [2.24, 2.45) is 0 Å². The predicted molar refractivity (Wildman–Crippen MR) is 325 cm³/mol. The van der Waals surface area contributed by atoms with Crippen LogP contribution in [-0.4, -0.2) is 37.2 Å². The van der Waals surface area contributed by atoms with Gasteiger partial charge >= 0.3 is 17.9 Å². The van der Waals surface area contributed by atoms with Gasteiger partial charge in [-0.1, -0.05) is 273 Å². The molecule has 0 saturated carbocycles. The van der Waals surface area contributed by atoms with E-state index in [4.69, 9.17) is 14.2 Å². The quantitative estimate of drug-likeness (QED) is 0.0261. The van der Waals surface area contributed by atoms with Crippen molar-refractivity contribution in [3.8, 4) is 0 Å². The summed E-state index contributed by atoms with van der Waals surface area (Å²) in [6.45, 7) is 6.60. The molecule has 0 saturated heterocycles. The van der Waals surface area contributed by atoms with Crippen molar-refractivity contribution in [3.63, 3.8) is 0 Å². The summed E-state index contributed by atoms with van der Waals surface area (Å²) in [4.78, 5) is 38.3. The Hall–Kier alpha value is -3.15. The van der Waals surface area contributed by atoms with Crippen molar-refractivity contribution in [1.29, 1.82) is 0 Å². The number of hydrogen-bond acceptors (Lipinski definition) is 6. The van der Waals surface area contributed by atoms with E-state index in [-0.39, 0.29) is 37.5 Å². The maximum Gasteiger partial charge on any atom is 0.306 e. The molecule has 0 unspecified atom stereocenters. The number of carbonyl (C=O) groups is 3. The van der Waals surface area contributed by atoms with Gasteiger partial charge < -0.3 is 14.2 Å². The third-order valence-corrected chi connectivity index (χ3v) is 14.2. The third kappa shape index (κ3) is 61.6. The van der Waals surface area contributed by atoms with Crippen LogP contribution >= 0.6 is 0 Å². The SMILES string of the molecule is CCCCC/C=C\C/C=C\C/C=C\C/C=C\CCCC(=O)OC[C@H](COC(=O)CCCCCCCCCCCCC/C=C\CCCCCCCC)OC(=O)CCCCCCCCCCC/C=C\CCCCCCCC. The zero-order valence-electron chi connectivity index (χ0n) is 49.8. The van der Waals surface area contributed by atoms with E-state index in [2.05, 4.69) is 93.7 Å². The lowest BCUT2D eigenvalue weighted by molar-refractivity contribution is -0.167. The Morgan fingerprint density at radius 1 is 0.267 bits per heavy atom. The van der Waals surface area contributed by atoms with Gasteiger partial charge in [0.05, 0.1) is 0 Å². The van der Waals surface area contributed by atoms with Crippen molar-refractivity contribution in [1.82, 2.24) is 0 Å². The van der Waals surface area contributed by atoms with E-state index in [1.165, 1.54) is 218 Å². The summed E-state index contributed by atoms with van der Waals surface area (Å²) in [6.07, 6.45) is 82.0. The molecule has 0 bridgehead atoms. The van der Waals surface area contributed by atoms with Crippen molar-refractivity contribution in [2.75, 3.05) is 13.2 Å². The summed E-state index contributed by atoms with van der Waals surface area (Å²) < 4.78 is 16.9. The molecule has 0 aliphatic heterocycles. The van der Waals surface area contributed by atoms with Crippen LogP contribution < -0.4 is 0 Å². The minimum Gasteiger partial charge on any atom is -0.462 e. The van der Waals surface area contributed by atoms with Crippen LogP contribution in [0.5, 0.6) is 0 Å². The monoisotopic (exact) mass is 1050 g/mol. The summed E-state index contributed by atoms with van der Waals surface area (Å²) in [5, 5.41) is 0. The Balaban J connectivity index is 4.41. The highest BCUT2D eigenvalue weighted by Gasteiger charge is 2.19. The molecular weight excluding hydrogens is 925 g/mol. The number of esters is 3. The highest BCUT2D eigenvalue weighted by atomic mass is 16.6. The first-order valence-electron chi connectivity index (χ1n) is 32.4. The summed E-state index contributed by atoms with van der Waals surface area (Å²) in [5.74, 6) is -0.938. The van der Waals surface area contributed by atoms with Gasteiger partial charge in [-0.15, -0.1) is 0 Å². The van der Waals surface area contributed by atoms with Crippen molar-refractivity contribution >= 4 is 17.9 Å². The molecule has 1 atom stereocenters. The van der Waals surface area contributed by atoms with Crippen LogP contribution in [0.1, 0.15) is 329 Å². The maximum atomic E-state index is 12.9. The van der Waals surface area contributed by atoms with Gasteiger partial charge in [-0.25, -0.2) is 0 Å². The average Bonchev–Trinajstić information content (AvgIpc) is 3.41. The number of ether oxygens (including phenoxy) is 3. The molecule has 0 radical (unpaired) electrons. The zero-order valence-corrected chi connectivity index (χ0v) is 49.8. The van der Waals surface area contributed by atoms with E-state index in [1.54, 1.807) is 0 Å². The lowest BCUT2D eigenvalue weighted by Gasteiger charge is -2.18. The van der Waals surface area contributed by atoms with E-state index < -0.39 is 6.10 Å². The van der Waals surface area contributed by atoms with Crippen molar-refractivity contribution in [2.45, 2.75) is 335 Å². The Morgan fingerprint density at radius 2 is 0.493 bits per heavy atom. The molecule has 75 heavy (non-hydrogen) atoms. The first kappa shape index (κ1) is 71.8. The Morgan fingerprint density at radius 3 is 0.840 bits per heavy atom. The molecular formula is C69H122O6. The van der Waals surface area contributed by atoms with E-state index in [0.717, 1.165) is 64.2 Å². The Labute approximate surface area is 465 Å². The molecule has 0 amide bonds. The minimum atomic E-state index is -0.800. The number of rotatable bonds is 59. The van der Waals surface area contributed by atoms with Gasteiger partial charge in [0.2, 0.25) is 0 Å². The van der Waals surface area contributed by atoms with Crippen LogP contribution in [0, 0.1) is 0 Å². The fraction of sp³-hybridized carbons (Fsp3) is 0.783. The van der Waals surface area contributed by atoms with Gasteiger partial charge in [-0.05, 0) is 109 Å². The lowest BCUT2D eigenvalue weighted by atomic mass is 10.0. The van der Waals surface area contributed by atoms with Gasteiger partial charge in [0, 0.05) is 19.3 Å². The van der Waals surface area contributed by atoms with E-state index in [1.807, 2.05) is 0 Å². The van der Waals surface area contributed by atoms with E-state index in [0.29, 0.717) is 19.3 Å². The second-order valence-corrected chi connectivity index (χ2v) is 21.7. The number of hydrogen-bond donors (Lipinski definition) is 0. The molecule has 0 rings (SSSR count). The molecule has 0 heterocycles. The second kappa shape index (κ2) is 63.4. The fourth-order valence-electron chi connectivity index (χ4n) is 9.25. The van der Waals surface area contributed by atoms with Crippen LogP contribution in [0.25, 0.3) is 0 Å². The van der Waals surface area contributed by atoms with Gasteiger partial charge in [-0.2, -0.15) is 0 Å². The highest BCUT2D eigenvalue weighted by molar-refractivity contribution is 5.71. The zero-order chi connectivity index (χ0) is 54.3. The molecule has 0 fully saturated rings. The largest absolute Gasteiger partial charge is 0.462 e. The molecule has 6 nitrogen and oxygen atoms in total. The number of allylic oxidation sites excluding steroid dienone is 12. The summed E-state index contributed by atoms with van der Waals surface area (Å²) >= 11 is 0. The lowest BCUT2D eigenvalue weighted by Crippen LogP contribution is -2.30. The van der Waals surface area contributed by atoms with Crippen molar-refractivity contribution in [3.05, 3.63) is 72.9 Å². The number of carbonyl (C=O) groups excluding carboxylic acids is 3. The smallest absolute Gasteiger partial charge is 0.306 e. The van der Waals surface area contributed by atoms with E-state index in [9.17, 15) is 14.4 Å². The molecule has 434 valence electrons. The molecule has 6 heteroatoms.